The zero-order valence-corrected chi connectivity index (χ0v) is 16.8. The smallest absolute Gasteiger partial charge is 0.309 e. The molecular formula is C16H16ClNO5S3. The van der Waals surface area contributed by atoms with Crippen LogP contribution in [0, 0.1) is 5.92 Å². The van der Waals surface area contributed by atoms with Crippen molar-refractivity contribution in [3.8, 4) is 0 Å². The normalized spacial score (nSPS) is 16.5. The number of ketones is 1. The minimum Gasteiger partial charge on any atom is -0.457 e. The van der Waals surface area contributed by atoms with Gasteiger partial charge < -0.3 is 4.74 Å². The first-order valence-electron chi connectivity index (χ1n) is 7.87. The summed E-state index contributed by atoms with van der Waals surface area (Å²) in [5.74, 6) is -1.16. The van der Waals surface area contributed by atoms with Crippen LogP contribution in [0.1, 0.15) is 22.5 Å². The summed E-state index contributed by atoms with van der Waals surface area (Å²) in [6.07, 6.45) is 0.755. The van der Waals surface area contributed by atoms with Crippen LogP contribution in [0.5, 0.6) is 0 Å². The molecule has 0 amide bonds. The molecule has 0 bridgehead atoms. The number of sulfonamides is 1. The molecule has 3 rings (SSSR count). The molecule has 0 unspecified atom stereocenters. The molecule has 10 heteroatoms. The molecule has 26 heavy (non-hydrogen) atoms. The second-order valence-corrected chi connectivity index (χ2v) is 10.6. The molecule has 1 saturated heterocycles. The molecule has 0 atom stereocenters. The molecule has 2 aromatic heterocycles. The van der Waals surface area contributed by atoms with E-state index in [-0.39, 0.29) is 25.5 Å². The minimum atomic E-state index is -3.49. The second kappa shape index (κ2) is 8.18. The summed E-state index contributed by atoms with van der Waals surface area (Å²) < 4.78 is 32.2. The first-order valence-corrected chi connectivity index (χ1v) is 11.4. The molecular weight excluding hydrogens is 418 g/mol. The van der Waals surface area contributed by atoms with Crippen molar-refractivity contribution >= 4 is 56.1 Å². The van der Waals surface area contributed by atoms with Gasteiger partial charge in [0.05, 0.1) is 15.1 Å². The van der Waals surface area contributed by atoms with Crippen LogP contribution in [0.25, 0.3) is 0 Å². The van der Waals surface area contributed by atoms with Crippen LogP contribution in [-0.4, -0.2) is 44.2 Å². The summed E-state index contributed by atoms with van der Waals surface area (Å²) >= 11 is 8.09. The van der Waals surface area contributed by atoms with Crippen LogP contribution < -0.4 is 0 Å². The number of hydrogen-bond donors (Lipinski definition) is 0. The van der Waals surface area contributed by atoms with E-state index >= 15 is 0 Å². The predicted octanol–water partition coefficient (Wildman–Crippen LogP) is 3.29. The minimum absolute atomic E-state index is 0.258. The highest BCUT2D eigenvalue weighted by molar-refractivity contribution is 7.91. The Balaban J connectivity index is 1.50. The average molecular weight is 434 g/mol. The Bertz CT molecular complexity index is 883. The van der Waals surface area contributed by atoms with Crippen molar-refractivity contribution in [3.63, 3.8) is 0 Å². The highest BCUT2D eigenvalue weighted by Crippen LogP contribution is 2.27. The van der Waals surface area contributed by atoms with E-state index in [1.54, 1.807) is 29.6 Å². The summed E-state index contributed by atoms with van der Waals surface area (Å²) in [4.78, 5) is 24.6. The molecule has 3 heterocycles. The molecule has 140 valence electrons. The largest absolute Gasteiger partial charge is 0.457 e. The SMILES string of the molecule is O=C(COC(=O)C1CCN(S(=O)(=O)c2cccs2)CC1)c1ccc(Cl)s1. The molecule has 1 aliphatic heterocycles. The van der Waals surface area contributed by atoms with Gasteiger partial charge in [-0.3, -0.25) is 9.59 Å². The molecule has 6 nitrogen and oxygen atoms in total. The fraction of sp³-hybridized carbons (Fsp3) is 0.375. The summed E-state index contributed by atoms with van der Waals surface area (Å²) in [5, 5.41) is 1.72. The number of nitrogens with zero attached hydrogens (tertiary/aromatic N) is 1. The maximum absolute atomic E-state index is 12.5. The van der Waals surface area contributed by atoms with E-state index < -0.39 is 21.9 Å². The third-order valence-corrected chi connectivity index (χ3v) is 8.61. The standard InChI is InChI=1S/C16H16ClNO5S3/c17-14-4-3-13(25-14)12(19)10-23-16(20)11-5-7-18(8-6-11)26(21,22)15-2-1-9-24-15/h1-4,9,11H,5-8,10H2. The maximum atomic E-state index is 12.5. The van der Waals surface area contributed by atoms with E-state index in [9.17, 15) is 18.0 Å². The monoisotopic (exact) mass is 433 g/mol. The zero-order valence-electron chi connectivity index (χ0n) is 13.6. The lowest BCUT2D eigenvalue weighted by Crippen LogP contribution is -2.40. The third kappa shape index (κ3) is 4.34. The van der Waals surface area contributed by atoms with Gasteiger partial charge in [0.25, 0.3) is 10.0 Å². The fourth-order valence-electron chi connectivity index (χ4n) is 2.66. The average Bonchev–Trinajstić information content (AvgIpc) is 3.31. The molecule has 0 spiro atoms. The van der Waals surface area contributed by atoms with Gasteiger partial charge in [0.2, 0.25) is 5.78 Å². The van der Waals surface area contributed by atoms with Gasteiger partial charge >= 0.3 is 5.97 Å². The van der Waals surface area contributed by atoms with Gasteiger partial charge in [0.15, 0.2) is 6.61 Å². The number of rotatable bonds is 6. The van der Waals surface area contributed by atoms with Crippen molar-refractivity contribution in [3.05, 3.63) is 38.9 Å². The third-order valence-electron chi connectivity index (χ3n) is 4.07. The number of carbonyl (C=O) groups excluding carboxylic acids is 2. The Hall–Kier alpha value is -1.26. The Morgan fingerprint density at radius 3 is 2.54 bits per heavy atom. The molecule has 0 saturated carbocycles. The van der Waals surface area contributed by atoms with Gasteiger partial charge in [-0.05, 0) is 36.4 Å². The van der Waals surface area contributed by atoms with Crippen LogP contribution in [0.15, 0.2) is 33.9 Å². The molecule has 1 aliphatic rings. The number of Topliss-reactive ketones (excluding diaryl/α,β-unsaturated/α-hetero) is 1. The van der Waals surface area contributed by atoms with Crippen LogP contribution in [0.4, 0.5) is 0 Å². The van der Waals surface area contributed by atoms with E-state index in [1.807, 2.05) is 0 Å². The predicted molar refractivity (Wildman–Crippen MR) is 100 cm³/mol. The summed E-state index contributed by atoms with van der Waals surface area (Å²) in [7, 11) is -3.49. The lowest BCUT2D eigenvalue weighted by atomic mass is 9.98. The molecule has 0 N–H and O–H groups in total. The highest BCUT2D eigenvalue weighted by Gasteiger charge is 2.33. The van der Waals surface area contributed by atoms with E-state index in [0.717, 1.165) is 11.3 Å². The quantitative estimate of drug-likeness (QED) is 0.515. The van der Waals surface area contributed by atoms with E-state index in [0.29, 0.717) is 26.3 Å². The first-order chi connectivity index (χ1) is 12.4. The number of ether oxygens (including phenoxy) is 1. The second-order valence-electron chi connectivity index (χ2n) is 5.75. The van der Waals surface area contributed by atoms with Crippen LogP contribution in [0.2, 0.25) is 4.34 Å². The highest BCUT2D eigenvalue weighted by atomic mass is 35.5. The molecule has 1 fully saturated rings. The van der Waals surface area contributed by atoms with Crippen molar-refractivity contribution in [1.29, 1.82) is 0 Å². The van der Waals surface area contributed by atoms with E-state index in [2.05, 4.69) is 0 Å². The number of hydrogen-bond acceptors (Lipinski definition) is 7. The molecule has 0 aliphatic carbocycles. The first kappa shape index (κ1) is 19.5. The number of piperidine rings is 1. The number of carbonyl (C=O) groups is 2. The van der Waals surface area contributed by atoms with Crippen molar-refractivity contribution in [2.45, 2.75) is 17.1 Å². The maximum Gasteiger partial charge on any atom is 0.309 e. The van der Waals surface area contributed by atoms with Gasteiger partial charge in [0, 0.05) is 13.1 Å². The Morgan fingerprint density at radius 1 is 1.23 bits per heavy atom. The number of esters is 1. The lowest BCUT2D eigenvalue weighted by molar-refractivity contribution is -0.148. The fourth-order valence-corrected chi connectivity index (χ4v) is 6.24. The van der Waals surface area contributed by atoms with Crippen molar-refractivity contribution in [2.24, 2.45) is 5.92 Å². The van der Waals surface area contributed by atoms with Crippen LogP contribution in [0.3, 0.4) is 0 Å². The van der Waals surface area contributed by atoms with Crippen molar-refractivity contribution < 1.29 is 22.7 Å². The van der Waals surface area contributed by atoms with E-state index in [4.69, 9.17) is 16.3 Å². The van der Waals surface area contributed by atoms with Gasteiger partial charge in [-0.15, -0.1) is 22.7 Å². The van der Waals surface area contributed by atoms with Crippen LogP contribution >= 0.6 is 34.3 Å². The topological polar surface area (TPSA) is 80.8 Å². The van der Waals surface area contributed by atoms with Crippen LogP contribution in [-0.2, 0) is 19.6 Å². The Morgan fingerprint density at radius 2 is 1.96 bits per heavy atom. The Labute approximate surface area is 164 Å². The van der Waals surface area contributed by atoms with Gasteiger partial charge in [-0.25, -0.2) is 8.42 Å². The van der Waals surface area contributed by atoms with Crippen molar-refractivity contribution in [1.82, 2.24) is 4.31 Å². The molecule has 0 radical (unpaired) electrons. The zero-order chi connectivity index (χ0) is 18.7. The molecule has 0 aromatic carbocycles. The summed E-state index contributed by atoms with van der Waals surface area (Å²) in [5.41, 5.74) is 0. The number of halogens is 1. The van der Waals surface area contributed by atoms with Crippen molar-refractivity contribution in [2.75, 3.05) is 19.7 Å². The lowest BCUT2D eigenvalue weighted by Gasteiger charge is -2.29. The van der Waals surface area contributed by atoms with E-state index in [1.165, 1.54) is 15.6 Å². The summed E-state index contributed by atoms with van der Waals surface area (Å²) in [6, 6.07) is 6.48. The number of thiophene rings is 2. The summed E-state index contributed by atoms with van der Waals surface area (Å²) in [6.45, 7) is 0.187. The Kier molecular flexibility index (Phi) is 6.13. The van der Waals surface area contributed by atoms with Gasteiger partial charge in [-0.2, -0.15) is 4.31 Å². The van der Waals surface area contributed by atoms with Gasteiger partial charge in [-0.1, -0.05) is 17.7 Å². The molecule has 2 aromatic rings. The van der Waals surface area contributed by atoms with Gasteiger partial charge in [0.1, 0.15) is 4.21 Å².